The summed E-state index contributed by atoms with van der Waals surface area (Å²) in [5.74, 6) is -0.333. The van der Waals surface area contributed by atoms with Gasteiger partial charge < -0.3 is 9.47 Å². The van der Waals surface area contributed by atoms with E-state index in [0.29, 0.717) is 18.1 Å². The first-order valence-electron chi connectivity index (χ1n) is 7.56. The Morgan fingerprint density at radius 1 is 1.43 bits per heavy atom. The van der Waals surface area contributed by atoms with Gasteiger partial charge in [-0.3, -0.25) is 9.88 Å². The number of esters is 1. The van der Waals surface area contributed by atoms with Crippen molar-refractivity contribution in [3.05, 3.63) is 41.0 Å². The summed E-state index contributed by atoms with van der Waals surface area (Å²) in [6.07, 6.45) is 1.14. The van der Waals surface area contributed by atoms with E-state index in [1.165, 1.54) is 7.11 Å². The lowest BCUT2D eigenvalue weighted by Crippen LogP contribution is -2.49. The molecular formula is C17H19ClN2O3. The van der Waals surface area contributed by atoms with Gasteiger partial charge in [-0.2, -0.15) is 0 Å². The predicted molar refractivity (Wildman–Crippen MR) is 88.4 cm³/mol. The van der Waals surface area contributed by atoms with Crippen LogP contribution >= 0.6 is 11.6 Å². The minimum absolute atomic E-state index is 0.0284. The molecule has 1 aliphatic heterocycles. The molecule has 1 aliphatic rings. The van der Waals surface area contributed by atoms with Gasteiger partial charge in [0.2, 0.25) is 0 Å². The van der Waals surface area contributed by atoms with Crippen LogP contribution in [0.4, 0.5) is 0 Å². The second kappa shape index (κ2) is 6.83. The Bertz CT molecular complexity index is 722. The van der Waals surface area contributed by atoms with Crippen LogP contribution in [0.2, 0.25) is 5.02 Å². The summed E-state index contributed by atoms with van der Waals surface area (Å²) < 4.78 is 10.5. The second-order valence-electron chi connectivity index (χ2n) is 5.76. The van der Waals surface area contributed by atoms with Crippen molar-refractivity contribution in [3.8, 4) is 0 Å². The van der Waals surface area contributed by atoms with Crippen LogP contribution in [0.25, 0.3) is 10.9 Å². The van der Waals surface area contributed by atoms with Crippen LogP contribution in [0.3, 0.4) is 0 Å². The van der Waals surface area contributed by atoms with E-state index in [0.717, 1.165) is 23.0 Å². The van der Waals surface area contributed by atoms with Crippen LogP contribution in [0, 0.1) is 0 Å². The van der Waals surface area contributed by atoms with Gasteiger partial charge >= 0.3 is 5.97 Å². The highest BCUT2D eigenvalue weighted by molar-refractivity contribution is 6.35. The van der Waals surface area contributed by atoms with Gasteiger partial charge in [0.25, 0.3) is 0 Å². The Kier molecular flexibility index (Phi) is 4.80. The van der Waals surface area contributed by atoms with Gasteiger partial charge in [-0.25, -0.2) is 4.79 Å². The maximum Gasteiger partial charge on any atom is 0.336 e. The zero-order valence-corrected chi connectivity index (χ0v) is 13.9. The third-order valence-corrected chi connectivity index (χ3v) is 4.32. The number of nitrogens with zero attached hydrogens (tertiary/aromatic N) is 2. The van der Waals surface area contributed by atoms with E-state index in [9.17, 15) is 4.79 Å². The van der Waals surface area contributed by atoms with Gasteiger partial charge in [-0.05, 0) is 18.6 Å². The van der Waals surface area contributed by atoms with Crippen LogP contribution in [0.1, 0.15) is 12.5 Å². The molecule has 5 nitrogen and oxygen atoms in total. The molecule has 1 saturated heterocycles. The quantitative estimate of drug-likeness (QED) is 0.808. The molecule has 0 N–H and O–H groups in total. The molecule has 0 saturated carbocycles. The highest BCUT2D eigenvalue weighted by Crippen LogP contribution is 2.25. The molecular weight excluding hydrogens is 316 g/mol. The number of methoxy groups -OCH3 is 1. The highest BCUT2D eigenvalue weighted by atomic mass is 35.5. The number of aromatic nitrogens is 1. The minimum atomic E-state index is -0.546. The first-order chi connectivity index (χ1) is 11.1. The first-order valence-corrected chi connectivity index (χ1v) is 7.94. The first kappa shape index (κ1) is 16.2. The fourth-order valence-corrected chi connectivity index (χ4v) is 3.21. The van der Waals surface area contributed by atoms with E-state index in [1.807, 2.05) is 25.1 Å². The maximum absolute atomic E-state index is 11.8. The van der Waals surface area contributed by atoms with E-state index < -0.39 is 6.10 Å². The van der Waals surface area contributed by atoms with Gasteiger partial charge in [-0.1, -0.05) is 29.8 Å². The average molecular weight is 335 g/mol. The van der Waals surface area contributed by atoms with Crippen molar-refractivity contribution in [2.24, 2.45) is 0 Å². The Labute approximate surface area is 140 Å². The topological polar surface area (TPSA) is 51.7 Å². The Morgan fingerprint density at radius 3 is 3.04 bits per heavy atom. The van der Waals surface area contributed by atoms with Gasteiger partial charge in [0.1, 0.15) is 0 Å². The van der Waals surface area contributed by atoms with E-state index in [-0.39, 0.29) is 12.1 Å². The van der Waals surface area contributed by atoms with Crippen molar-refractivity contribution in [2.75, 3.05) is 20.2 Å². The van der Waals surface area contributed by atoms with Gasteiger partial charge in [0.15, 0.2) is 6.10 Å². The fraction of sp³-hybridized carbons (Fsp3) is 0.412. The number of morpholine rings is 1. The zero-order valence-electron chi connectivity index (χ0n) is 13.2. The molecule has 122 valence electrons. The number of pyridine rings is 1. The molecule has 0 aliphatic carbocycles. The summed E-state index contributed by atoms with van der Waals surface area (Å²) in [6.45, 7) is 3.91. The summed E-state index contributed by atoms with van der Waals surface area (Å²) in [5.41, 5.74) is 1.98. The van der Waals surface area contributed by atoms with E-state index in [2.05, 4.69) is 9.88 Å². The molecule has 2 atom stereocenters. The van der Waals surface area contributed by atoms with E-state index in [4.69, 9.17) is 21.1 Å². The standard InChI is InChI=1S/C17H19ClN2O3/c1-11-8-20(10-15(23-11)17(21)22-2)9-12-4-3-5-13-14(18)6-7-19-16(12)13/h3-7,11,15H,8-10H2,1-2H3/t11-,15-/m0/s1. The maximum atomic E-state index is 11.8. The average Bonchev–Trinajstić information content (AvgIpc) is 2.54. The Hall–Kier alpha value is -1.69. The molecule has 0 bridgehead atoms. The van der Waals surface area contributed by atoms with Gasteiger partial charge in [-0.15, -0.1) is 0 Å². The molecule has 3 rings (SSSR count). The number of hydrogen-bond donors (Lipinski definition) is 0. The van der Waals surface area contributed by atoms with Gasteiger partial charge in [0.05, 0.1) is 23.8 Å². The Balaban J connectivity index is 1.84. The molecule has 1 fully saturated rings. The summed E-state index contributed by atoms with van der Waals surface area (Å²) in [5, 5.41) is 1.64. The van der Waals surface area contributed by atoms with Crippen LogP contribution in [0.5, 0.6) is 0 Å². The smallest absolute Gasteiger partial charge is 0.336 e. The number of carbonyl (C=O) groups is 1. The molecule has 0 spiro atoms. The lowest BCUT2D eigenvalue weighted by Gasteiger charge is -2.35. The van der Waals surface area contributed by atoms with Crippen molar-refractivity contribution < 1.29 is 14.3 Å². The van der Waals surface area contributed by atoms with Crippen molar-refractivity contribution in [1.29, 1.82) is 0 Å². The van der Waals surface area contributed by atoms with Crippen molar-refractivity contribution in [2.45, 2.75) is 25.7 Å². The number of benzene rings is 1. The van der Waals surface area contributed by atoms with Crippen LogP contribution in [0.15, 0.2) is 30.5 Å². The number of ether oxygens (including phenoxy) is 2. The van der Waals surface area contributed by atoms with Crippen LogP contribution in [-0.4, -0.2) is 48.3 Å². The third kappa shape index (κ3) is 3.47. The van der Waals surface area contributed by atoms with Crippen molar-refractivity contribution in [3.63, 3.8) is 0 Å². The monoisotopic (exact) mass is 334 g/mol. The molecule has 2 heterocycles. The fourth-order valence-electron chi connectivity index (χ4n) is 3.00. The number of halogens is 1. The highest BCUT2D eigenvalue weighted by Gasteiger charge is 2.31. The zero-order chi connectivity index (χ0) is 16.4. The molecule has 1 aromatic carbocycles. The molecule has 23 heavy (non-hydrogen) atoms. The molecule has 0 unspecified atom stereocenters. The molecule has 2 aromatic rings. The number of hydrogen-bond acceptors (Lipinski definition) is 5. The van der Waals surface area contributed by atoms with Gasteiger partial charge in [0, 0.05) is 31.2 Å². The molecule has 6 heteroatoms. The summed E-state index contributed by atoms with van der Waals surface area (Å²) in [4.78, 5) is 18.4. The molecule has 1 aromatic heterocycles. The third-order valence-electron chi connectivity index (χ3n) is 4.00. The minimum Gasteiger partial charge on any atom is -0.467 e. The lowest BCUT2D eigenvalue weighted by molar-refractivity contribution is -0.166. The SMILES string of the molecule is COC(=O)[C@@H]1CN(Cc2cccc3c(Cl)ccnc23)C[C@H](C)O1. The van der Waals surface area contributed by atoms with Crippen molar-refractivity contribution in [1.82, 2.24) is 9.88 Å². The van der Waals surface area contributed by atoms with E-state index in [1.54, 1.807) is 12.3 Å². The molecule has 0 amide bonds. The second-order valence-corrected chi connectivity index (χ2v) is 6.17. The Morgan fingerprint density at radius 2 is 2.26 bits per heavy atom. The van der Waals surface area contributed by atoms with Crippen molar-refractivity contribution >= 4 is 28.5 Å². The summed E-state index contributed by atoms with van der Waals surface area (Å²) in [7, 11) is 1.38. The number of para-hydroxylation sites is 1. The summed E-state index contributed by atoms with van der Waals surface area (Å²) in [6, 6.07) is 7.77. The summed E-state index contributed by atoms with van der Waals surface area (Å²) >= 11 is 6.24. The predicted octanol–water partition coefficient (Wildman–Crippen LogP) is 2.65. The number of carbonyl (C=O) groups excluding carboxylic acids is 1. The van der Waals surface area contributed by atoms with E-state index >= 15 is 0 Å². The lowest BCUT2D eigenvalue weighted by atomic mass is 10.1. The van der Waals surface area contributed by atoms with Crippen LogP contribution in [-0.2, 0) is 20.8 Å². The number of rotatable bonds is 3. The molecule has 0 radical (unpaired) electrons. The van der Waals surface area contributed by atoms with Crippen LogP contribution < -0.4 is 0 Å². The number of fused-ring (bicyclic) bond motifs is 1. The normalized spacial score (nSPS) is 22.2. The largest absolute Gasteiger partial charge is 0.467 e.